The van der Waals surface area contributed by atoms with Gasteiger partial charge in [-0.3, -0.25) is 9.59 Å². The van der Waals surface area contributed by atoms with Crippen molar-refractivity contribution in [3.8, 4) is 23.0 Å². The molecule has 2 amide bonds. The van der Waals surface area contributed by atoms with Crippen LogP contribution in [0.1, 0.15) is 21.0 Å². The number of aromatic nitrogens is 8. The summed E-state index contributed by atoms with van der Waals surface area (Å²) in [6.07, 6.45) is 2.88. The Labute approximate surface area is 203 Å². The van der Waals surface area contributed by atoms with Gasteiger partial charge in [0.25, 0.3) is 11.8 Å². The van der Waals surface area contributed by atoms with E-state index < -0.39 is 0 Å². The van der Waals surface area contributed by atoms with E-state index >= 15 is 0 Å². The molecule has 2 aromatic carbocycles. The largest absolute Gasteiger partial charge is 0.349 e. The summed E-state index contributed by atoms with van der Waals surface area (Å²) in [5.74, 6) is 0.268. The number of imidazole rings is 4. The molecule has 0 radical (unpaired) electrons. The summed E-state index contributed by atoms with van der Waals surface area (Å²) >= 11 is 0. The molecule has 4 aromatic heterocycles. The van der Waals surface area contributed by atoms with Crippen LogP contribution in [0.25, 0.3) is 45.1 Å². The summed E-state index contributed by atoms with van der Waals surface area (Å²) in [5.41, 5.74) is 4.66. The maximum atomic E-state index is 12.7. The minimum Gasteiger partial charge on any atom is -0.349 e. The van der Waals surface area contributed by atoms with Crippen molar-refractivity contribution in [2.75, 3.05) is 13.1 Å². The fourth-order valence-corrected chi connectivity index (χ4v) is 3.95. The molecule has 6 aromatic rings. The van der Waals surface area contributed by atoms with Gasteiger partial charge in [-0.2, -0.15) is 0 Å². The highest BCUT2D eigenvalue weighted by molar-refractivity contribution is 5.99. The lowest BCUT2D eigenvalue weighted by Gasteiger charge is -2.07. The van der Waals surface area contributed by atoms with Crippen molar-refractivity contribution in [1.82, 2.24) is 50.5 Å². The zero-order valence-corrected chi connectivity index (χ0v) is 18.8. The molecular weight excluding hydrogens is 460 g/mol. The Bertz CT molecular complexity index is 1510. The predicted molar refractivity (Wildman–Crippen MR) is 132 cm³/mol. The Hall–Kier alpha value is -5.26. The molecule has 178 valence electrons. The van der Waals surface area contributed by atoms with E-state index in [1.807, 2.05) is 48.5 Å². The van der Waals surface area contributed by atoms with Gasteiger partial charge in [-0.05, 0) is 24.3 Å². The predicted octanol–water partition coefficient (Wildman–Crippen LogP) is 2.38. The van der Waals surface area contributed by atoms with Crippen LogP contribution in [-0.2, 0) is 0 Å². The molecule has 0 aliphatic carbocycles. The SMILES string of the molecule is O=C(NCCNC(=O)c1[nH]cnc1-c1nc2ccccc2[nH]1)c1[nH]cnc1-c1nc2ccccc2[nH]1. The van der Waals surface area contributed by atoms with Crippen molar-refractivity contribution in [1.29, 1.82) is 0 Å². The number of nitrogens with one attached hydrogen (secondary N) is 6. The van der Waals surface area contributed by atoms with E-state index in [9.17, 15) is 9.59 Å². The maximum absolute atomic E-state index is 12.7. The Morgan fingerprint density at radius 1 is 0.667 bits per heavy atom. The van der Waals surface area contributed by atoms with E-state index in [0.29, 0.717) is 23.0 Å². The molecule has 0 aliphatic rings. The second-order valence-electron chi connectivity index (χ2n) is 7.97. The number of hydrogen-bond acceptors (Lipinski definition) is 6. The van der Waals surface area contributed by atoms with Crippen LogP contribution < -0.4 is 10.6 Å². The molecule has 6 N–H and O–H groups in total. The first-order valence-electron chi connectivity index (χ1n) is 11.2. The van der Waals surface area contributed by atoms with Gasteiger partial charge in [0.1, 0.15) is 22.8 Å². The first kappa shape index (κ1) is 21.3. The summed E-state index contributed by atoms with van der Waals surface area (Å²) in [7, 11) is 0. The normalized spacial score (nSPS) is 11.2. The molecule has 0 atom stereocenters. The van der Waals surface area contributed by atoms with Crippen LogP contribution in [0.5, 0.6) is 0 Å². The number of nitrogens with zero attached hydrogens (tertiary/aromatic N) is 4. The van der Waals surface area contributed by atoms with Gasteiger partial charge in [0.05, 0.1) is 34.7 Å². The van der Waals surface area contributed by atoms with E-state index in [2.05, 4.69) is 50.5 Å². The topological polar surface area (TPSA) is 173 Å². The van der Waals surface area contributed by atoms with Crippen LogP contribution in [0.3, 0.4) is 0 Å². The van der Waals surface area contributed by atoms with E-state index in [1.165, 1.54) is 12.7 Å². The molecule has 0 bridgehead atoms. The standard InChI is InChI=1S/C24H20N10O2/c35-23(19-17(27-11-29-19)21-31-13-5-1-2-6-14(13)32-21)25-9-10-26-24(36)20-18(28-12-30-20)22-33-15-7-3-4-8-16(15)34-22/h1-8,11-12H,9-10H2,(H,25,35)(H,26,36)(H,27,29)(H,28,30)(H,31,32)(H,33,34). The van der Waals surface area contributed by atoms with Gasteiger partial charge in [-0.1, -0.05) is 24.3 Å². The Morgan fingerprint density at radius 3 is 1.56 bits per heavy atom. The first-order chi connectivity index (χ1) is 17.7. The Morgan fingerprint density at radius 2 is 1.11 bits per heavy atom. The van der Waals surface area contributed by atoms with Crippen molar-refractivity contribution < 1.29 is 9.59 Å². The van der Waals surface area contributed by atoms with Gasteiger partial charge in [0.15, 0.2) is 11.6 Å². The quantitative estimate of drug-likeness (QED) is 0.191. The van der Waals surface area contributed by atoms with Gasteiger partial charge < -0.3 is 30.6 Å². The summed E-state index contributed by atoms with van der Waals surface area (Å²) in [5, 5.41) is 5.57. The maximum Gasteiger partial charge on any atom is 0.270 e. The fourth-order valence-electron chi connectivity index (χ4n) is 3.95. The third kappa shape index (κ3) is 3.86. The summed E-state index contributed by atoms with van der Waals surface area (Å²) in [6, 6.07) is 15.2. The van der Waals surface area contributed by atoms with Gasteiger partial charge in [0, 0.05) is 13.1 Å². The average Bonchev–Trinajstić information content (AvgIpc) is 3.70. The molecule has 0 fully saturated rings. The van der Waals surface area contributed by atoms with E-state index in [4.69, 9.17) is 0 Å². The number of fused-ring (bicyclic) bond motifs is 2. The van der Waals surface area contributed by atoms with Crippen LogP contribution in [0, 0.1) is 0 Å². The van der Waals surface area contributed by atoms with Crippen LogP contribution in [0.4, 0.5) is 0 Å². The molecule has 6 rings (SSSR count). The number of para-hydroxylation sites is 4. The summed E-state index contributed by atoms with van der Waals surface area (Å²) in [6.45, 7) is 0.411. The number of aromatic amines is 4. The lowest BCUT2D eigenvalue weighted by atomic mass is 10.3. The van der Waals surface area contributed by atoms with Crippen molar-refractivity contribution in [3.05, 3.63) is 72.6 Å². The van der Waals surface area contributed by atoms with Crippen molar-refractivity contribution in [3.63, 3.8) is 0 Å². The molecule has 0 aliphatic heterocycles. The molecule has 0 spiro atoms. The highest BCUT2D eigenvalue weighted by Crippen LogP contribution is 2.22. The average molecular weight is 480 g/mol. The van der Waals surface area contributed by atoms with E-state index in [0.717, 1.165) is 22.1 Å². The number of benzene rings is 2. The smallest absolute Gasteiger partial charge is 0.270 e. The molecule has 12 heteroatoms. The second-order valence-corrected chi connectivity index (χ2v) is 7.97. The number of H-pyrrole nitrogens is 4. The second kappa shape index (κ2) is 8.83. The van der Waals surface area contributed by atoms with E-state index in [-0.39, 0.29) is 36.3 Å². The third-order valence-corrected chi connectivity index (χ3v) is 5.66. The Balaban J connectivity index is 1.08. The molecule has 0 saturated heterocycles. The third-order valence-electron chi connectivity index (χ3n) is 5.66. The zero-order valence-electron chi connectivity index (χ0n) is 18.8. The van der Waals surface area contributed by atoms with Crippen molar-refractivity contribution in [2.45, 2.75) is 0 Å². The van der Waals surface area contributed by atoms with Crippen molar-refractivity contribution in [2.24, 2.45) is 0 Å². The summed E-state index contributed by atoms with van der Waals surface area (Å²) < 4.78 is 0. The Kier molecular flexibility index (Phi) is 5.22. The van der Waals surface area contributed by atoms with Gasteiger partial charge in [-0.15, -0.1) is 0 Å². The zero-order chi connectivity index (χ0) is 24.5. The minimum absolute atomic E-state index is 0.206. The molecule has 0 unspecified atom stereocenters. The van der Waals surface area contributed by atoms with Crippen LogP contribution >= 0.6 is 0 Å². The molecule has 36 heavy (non-hydrogen) atoms. The van der Waals surface area contributed by atoms with E-state index in [1.54, 1.807) is 0 Å². The van der Waals surface area contributed by atoms with Gasteiger partial charge in [0.2, 0.25) is 0 Å². The van der Waals surface area contributed by atoms with Gasteiger partial charge >= 0.3 is 0 Å². The van der Waals surface area contributed by atoms with Gasteiger partial charge in [-0.25, -0.2) is 19.9 Å². The molecule has 4 heterocycles. The lowest BCUT2D eigenvalue weighted by molar-refractivity contribution is 0.0924. The number of carbonyl (C=O) groups excluding carboxylic acids is 2. The molecule has 0 saturated carbocycles. The first-order valence-corrected chi connectivity index (χ1v) is 11.2. The number of carbonyl (C=O) groups is 2. The highest BCUT2D eigenvalue weighted by atomic mass is 16.2. The molecule has 12 nitrogen and oxygen atoms in total. The van der Waals surface area contributed by atoms with Crippen molar-refractivity contribution >= 4 is 33.9 Å². The fraction of sp³-hybridized carbons (Fsp3) is 0.0833. The minimum atomic E-state index is -0.360. The monoisotopic (exact) mass is 480 g/mol. The lowest BCUT2D eigenvalue weighted by Crippen LogP contribution is -2.35. The number of hydrogen-bond donors (Lipinski definition) is 6. The summed E-state index contributed by atoms with van der Waals surface area (Å²) in [4.78, 5) is 55.1. The molecular formula is C24H20N10O2. The van der Waals surface area contributed by atoms with Crippen LogP contribution in [0.2, 0.25) is 0 Å². The number of rotatable bonds is 7. The van der Waals surface area contributed by atoms with Crippen LogP contribution in [0.15, 0.2) is 61.2 Å². The number of amides is 2. The van der Waals surface area contributed by atoms with Crippen LogP contribution in [-0.4, -0.2) is 64.8 Å². The highest BCUT2D eigenvalue weighted by Gasteiger charge is 2.20.